The molecule has 5 heteroatoms. The van der Waals surface area contributed by atoms with Crippen LogP contribution in [0.25, 0.3) is 0 Å². The maximum Gasteiger partial charge on any atom is 0.216 e. The molecule has 1 atom stereocenters. The molecule has 0 bridgehead atoms. The Morgan fingerprint density at radius 1 is 1.80 bits per heavy atom. The van der Waals surface area contributed by atoms with Crippen molar-refractivity contribution >= 4 is 12.2 Å². The van der Waals surface area contributed by atoms with E-state index in [4.69, 9.17) is 16.9 Å². The lowest BCUT2D eigenvalue weighted by Crippen LogP contribution is -2.34. The molecule has 6 N–H and O–H groups in total. The molecule has 1 radical (unpaired) electrons. The van der Waals surface area contributed by atoms with Crippen LogP contribution in [0.3, 0.4) is 0 Å². The number of hydrogen-bond donors (Lipinski definition) is 4. The molecule has 10 heavy (non-hydrogen) atoms. The Kier molecular flexibility index (Phi) is 4.23. The first-order valence-electron chi connectivity index (χ1n) is 2.88. The molecule has 0 aromatic heterocycles. The Balaban J connectivity index is 3.19. The second-order valence-electron chi connectivity index (χ2n) is 1.85. The normalized spacial score (nSPS) is 12.1. The number of rotatable bonds is 4. The van der Waals surface area contributed by atoms with Crippen LogP contribution in [0.4, 0.5) is 0 Å². The van der Waals surface area contributed by atoms with Crippen LogP contribution in [-0.2, 0) is 4.79 Å². The Hall–Kier alpha value is -1.10. The van der Waals surface area contributed by atoms with Crippen molar-refractivity contribution in [2.24, 2.45) is 11.5 Å². The number of guanidine groups is 1. The van der Waals surface area contributed by atoms with Crippen LogP contribution in [0.2, 0.25) is 0 Å². The lowest BCUT2D eigenvalue weighted by molar-refractivity contribution is 0.535. The van der Waals surface area contributed by atoms with E-state index in [9.17, 15) is 4.79 Å². The van der Waals surface area contributed by atoms with Gasteiger partial charge in [0.15, 0.2) is 5.96 Å². The zero-order valence-electron chi connectivity index (χ0n) is 5.55. The first-order valence-corrected chi connectivity index (χ1v) is 2.88. The molecule has 0 fully saturated rings. The summed E-state index contributed by atoms with van der Waals surface area (Å²) in [7, 11) is 0. The quantitative estimate of drug-likeness (QED) is 0.278. The van der Waals surface area contributed by atoms with Crippen molar-refractivity contribution in [2.45, 2.75) is 12.5 Å². The van der Waals surface area contributed by atoms with Crippen LogP contribution in [0, 0.1) is 5.41 Å². The fourth-order valence-electron chi connectivity index (χ4n) is 0.421. The summed E-state index contributed by atoms with van der Waals surface area (Å²) >= 11 is 0. The van der Waals surface area contributed by atoms with Crippen molar-refractivity contribution in [3.63, 3.8) is 0 Å². The first kappa shape index (κ1) is 8.90. The summed E-state index contributed by atoms with van der Waals surface area (Å²) in [5.74, 6) is -0.113. The summed E-state index contributed by atoms with van der Waals surface area (Å²) < 4.78 is 0. The summed E-state index contributed by atoms with van der Waals surface area (Å²) in [5.41, 5.74) is 10.1. The second kappa shape index (κ2) is 4.75. The van der Waals surface area contributed by atoms with Gasteiger partial charge in [-0.15, -0.1) is 0 Å². The van der Waals surface area contributed by atoms with Crippen LogP contribution < -0.4 is 16.8 Å². The highest BCUT2D eigenvalue weighted by Gasteiger charge is 1.99. The lowest BCUT2D eigenvalue weighted by atomic mass is 10.2. The molecule has 0 saturated heterocycles. The Morgan fingerprint density at radius 2 is 2.40 bits per heavy atom. The van der Waals surface area contributed by atoms with E-state index >= 15 is 0 Å². The fourth-order valence-corrected chi connectivity index (χ4v) is 0.421. The van der Waals surface area contributed by atoms with Gasteiger partial charge in [0.2, 0.25) is 6.29 Å². The summed E-state index contributed by atoms with van der Waals surface area (Å²) in [6.45, 7) is 0.436. The molecule has 0 saturated carbocycles. The molecule has 0 spiro atoms. The van der Waals surface area contributed by atoms with E-state index in [1.54, 1.807) is 6.29 Å². The highest BCUT2D eigenvalue weighted by atomic mass is 16.1. The van der Waals surface area contributed by atoms with Gasteiger partial charge in [-0.05, 0) is 6.42 Å². The molecule has 0 aliphatic rings. The molecule has 0 rings (SSSR count). The first-order chi connectivity index (χ1) is 4.66. The molecule has 0 aromatic carbocycles. The Labute approximate surface area is 59.3 Å². The monoisotopic (exact) mass is 143 g/mol. The summed E-state index contributed by atoms with van der Waals surface area (Å²) in [6.07, 6.45) is 2.06. The minimum Gasteiger partial charge on any atom is -0.370 e. The molecule has 0 aliphatic carbocycles. The molecular formula is C5H11N4O. The van der Waals surface area contributed by atoms with Crippen LogP contribution in [-0.4, -0.2) is 24.8 Å². The molecule has 1 unspecified atom stereocenters. The number of nitrogens with two attached hydrogens (primary N) is 2. The Bertz CT molecular complexity index is 125. The molecule has 0 aliphatic heterocycles. The Morgan fingerprint density at radius 3 is 2.80 bits per heavy atom. The third-order valence-electron chi connectivity index (χ3n) is 0.922. The van der Waals surface area contributed by atoms with Gasteiger partial charge in [-0.2, -0.15) is 0 Å². The van der Waals surface area contributed by atoms with E-state index in [1.165, 1.54) is 0 Å². The summed E-state index contributed by atoms with van der Waals surface area (Å²) in [5, 5.41) is 9.24. The van der Waals surface area contributed by atoms with Gasteiger partial charge in [0.1, 0.15) is 0 Å². The molecule has 5 nitrogen and oxygen atoms in total. The highest BCUT2D eigenvalue weighted by molar-refractivity contribution is 5.74. The largest absolute Gasteiger partial charge is 0.370 e. The van der Waals surface area contributed by atoms with Gasteiger partial charge in [-0.3, -0.25) is 10.2 Å². The van der Waals surface area contributed by atoms with Gasteiger partial charge in [0.05, 0.1) is 6.04 Å². The van der Waals surface area contributed by atoms with Crippen molar-refractivity contribution in [3.8, 4) is 0 Å². The fraction of sp³-hybridized carbons (Fsp3) is 0.600. The SMILES string of the molecule is N=C(N)NCCC(N)[C]=O. The molecule has 57 valence electrons. The highest BCUT2D eigenvalue weighted by Crippen LogP contribution is 1.78. The number of nitrogens with one attached hydrogen (secondary N) is 2. The number of carbonyl (C=O) groups excluding carboxylic acids is 1. The van der Waals surface area contributed by atoms with E-state index < -0.39 is 6.04 Å². The van der Waals surface area contributed by atoms with Gasteiger partial charge in [-0.25, -0.2) is 0 Å². The summed E-state index contributed by atoms with van der Waals surface area (Å²) in [6, 6.07) is -0.577. The minimum atomic E-state index is -0.577. The zero-order valence-corrected chi connectivity index (χ0v) is 5.55. The van der Waals surface area contributed by atoms with Crippen molar-refractivity contribution < 1.29 is 4.79 Å². The minimum absolute atomic E-state index is 0.113. The van der Waals surface area contributed by atoms with Crippen molar-refractivity contribution in [1.82, 2.24) is 5.32 Å². The third-order valence-corrected chi connectivity index (χ3v) is 0.922. The van der Waals surface area contributed by atoms with E-state index in [-0.39, 0.29) is 5.96 Å². The standard InChI is InChI=1S/C5H11N4O/c6-4(3-10)1-2-9-5(7)8/h4H,1-2,6H2,(H4,7,8,9). The van der Waals surface area contributed by atoms with Gasteiger partial charge in [0, 0.05) is 6.54 Å². The van der Waals surface area contributed by atoms with E-state index in [0.29, 0.717) is 13.0 Å². The van der Waals surface area contributed by atoms with Crippen molar-refractivity contribution in [2.75, 3.05) is 6.54 Å². The van der Waals surface area contributed by atoms with E-state index in [1.807, 2.05) is 0 Å². The maximum atomic E-state index is 9.82. The van der Waals surface area contributed by atoms with Crippen LogP contribution in [0.1, 0.15) is 6.42 Å². The molecule has 0 amide bonds. The third kappa shape index (κ3) is 5.04. The molecule has 0 aromatic rings. The second-order valence-corrected chi connectivity index (χ2v) is 1.85. The number of hydrogen-bond acceptors (Lipinski definition) is 3. The van der Waals surface area contributed by atoms with Gasteiger partial charge < -0.3 is 16.8 Å². The van der Waals surface area contributed by atoms with Crippen LogP contribution in [0.5, 0.6) is 0 Å². The smallest absolute Gasteiger partial charge is 0.216 e. The van der Waals surface area contributed by atoms with Crippen molar-refractivity contribution in [3.05, 3.63) is 0 Å². The average Bonchev–Trinajstić information content (AvgIpc) is 1.87. The van der Waals surface area contributed by atoms with Gasteiger partial charge in [0.25, 0.3) is 0 Å². The van der Waals surface area contributed by atoms with Gasteiger partial charge in [-0.1, -0.05) is 0 Å². The lowest BCUT2D eigenvalue weighted by Gasteiger charge is -2.03. The average molecular weight is 143 g/mol. The van der Waals surface area contributed by atoms with Crippen LogP contribution in [0.15, 0.2) is 0 Å². The molecule has 0 heterocycles. The predicted molar refractivity (Wildman–Crippen MR) is 38.2 cm³/mol. The van der Waals surface area contributed by atoms with Crippen molar-refractivity contribution in [1.29, 1.82) is 5.41 Å². The zero-order chi connectivity index (χ0) is 7.98. The predicted octanol–water partition coefficient (Wildman–Crippen LogP) is -1.70. The van der Waals surface area contributed by atoms with Gasteiger partial charge >= 0.3 is 0 Å². The van der Waals surface area contributed by atoms with E-state index in [2.05, 4.69) is 5.32 Å². The van der Waals surface area contributed by atoms with Crippen LogP contribution >= 0.6 is 0 Å². The maximum absolute atomic E-state index is 9.82. The topological polar surface area (TPSA) is 105 Å². The summed E-state index contributed by atoms with van der Waals surface area (Å²) in [4.78, 5) is 9.82. The molecular weight excluding hydrogens is 132 g/mol. The van der Waals surface area contributed by atoms with E-state index in [0.717, 1.165) is 0 Å².